The van der Waals surface area contributed by atoms with Crippen LogP contribution in [0.15, 0.2) is 42.5 Å². The largest absolute Gasteiger partial charge is 0.466 e. The average molecular weight is 259 g/mol. The zero-order valence-corrected chi connectivity index (χ0v) is 10.8. The molecule has 2 atom stereocenters. The van der Waals surface area contributed by atoms with Gasteiger partial charge < -0.3 is 10.1 Å². The van der Waals surface area contributed by atoms with E-state index in [1.165, 1.54) is 0 Å². The van der Waals surface area contributed by atoms with E-state index in [0.29, 0.717) is 18.6 Å². The highest BCUT2D eigenvalue weighted by molar-refractivity contribution is 5.94. The van der Waals surface area contributed by atoms with Crippen molar-refractivity contribution in [1.82, 2.24) is 5.32 Å². The Hall–Kier alpha value is -2.10. The predicted molar refractivity (Wildman–Crippen MR) is 71.6 cm³/mol. The molecule has 1 aliphatic carbocycles. The molecule has 1 amide bonds. The first-order valence-corrected chi connectivity index (χ1v) is 6.41. The molecule has 19 heavy (non-hydrogen) atoms. The number of amides is 1. The molecule has 0 aliphatic heterocycles. The van der Waals surface area contributed by atoms with E-state index in [2.05, 4.69) is 5.32 Å². The van der Waals surface area contributed by atoms with Gasteiger partial charge in [-0.1, -0.05) is 30.4 Å². The Morgan fingerprint density at radius 1 is 1.32 bits per heavy atom. The third-order valence-electron chi connectivity index (χ3n) is 3.09. The third-order valence-corrected chi connectivity index (χ3v) is 3.09. The number of carbonyl (C=O) groups excluding carboxylic acids is 2. The molecule has 2 rings (SSSR count). The fourth-order valence-corrected chi connectivity index (χ4v) is 2.12. The van der Waals surface area contributed by atoms with Gasteiger partial charge in [0.1, 0.15) is 0 Å². The summed E-state index contributed by atoms with van der Waals surface area (Å²) in [4.78, 5) is 23.8. The van der Waals surface area contributed by atoms with E-state index in [9.17, 15) is 9.59 Å². The Labute approximate surface area is 112 Å². The molecule has 1 aromatic carbocycles. The maximum Gasteiger partial charge on any atom is 0.311 e. The van der Waals surface area contributed by atoms with Crippen LogP contribution in [-0.2, 0) is 9.53 Å². The molecule has 0 saturated carbocycles. The number of hydrogen-bond donors (Lipinski definition) is 1. The van der Waals surface area contributed by atoms with Crippen molar-refractivity contribution in [2.45, 2.75) is 19.4 Å². The standard InChI is InChI=1S/C15H17NO3/c1-2-19-15(18)12-9-6-10-13(12)16-14(17)11-7-4-3-5-8-11/h3-8,10,12-13H,2,9H2,1H3,(H,16,17)/t12-,13+/m0/s1. The first-order chi connectivity index (χ1) is 9.22. The van der Waals surface area contributed by atoms with Crippen molar-refractivity contribution < 1.29 is 14.3 Å². The van der Waals surface area contributed by atoms with Crippen molar-refractivity contribution >= 4 is 11.9 Å². The van der Waals surface area contributed by atoms with Crippen LogP contribution < -0.4 is 5.32 Å². The summed E-state index contributed by atoms with van der Waals surface area (Å²) >= 11 is 0. The molecule has 0 bridgehead atoms. The van der Waals surface area contributed by atoms with E-state index in [-0.39, 0.29) is 23.8 Å². The Balaban J connectivity index is 2.00. The van der Waals surface area contributed by atoms with Crippen LogP contribution in [0.3, 0.4) is 0 Å². The molecule has 1 aliphatic rings. The highest BCUT2D eigenvalue weighted by Crippen LogP contribution is 2.20. The Bertz CT molecular complexity index is 481. The number of benzene rings is 1. The van der Waals surface area contributed by atoms with Crippen molar-refractivity contribution in [3.05, 3.63) is 48.0 Å². The maximum absolute atomic E-state index is 12.0. The van der Waals surface area contributed by atoms with Crippen molar-refractivity contribution in [2.75, 3.05) is 6.61 Å². The second kappa shape index (κ2) is 6.18. The average Bonchev–Trinajstić information content (AvgIpc) is 2.88. The van der Waals surface area contributed by atoms with E-state index < -0.39 is 0 Å². The van der Waals surface area contributed by atoms with E-state index in [0.717, 1.165) is 0 Å². The molecule has 0 spiro atoms. The van der Waals surface area contributed by atoms with Crippen LogP contribution in [0.25, 0.3) is 0 Å². The van der Waals surface area contributed by atoms with Gasteiger partial charge in [0, 0.05) is 5.56 Å². The second-order valence-electron chi connectivity index (χ2n) is 4.39. The topological polar surface area (TPSA) is 55.4 Å². The fourth-order valence-electron chi connectivity index (χ4n) is 2.12. The molecule has 0 aromatic heterocycles. The number of hydrogen-bond acceptors (Lipinski definition) is 3. The van der Waals surface area contributed by atoms with Gasteiger partial charge in [0.2, 0.25) is 0 Å². The number of ether oxygens (including phenoxy) is 1. The summed E-state index contributed by atoms with van der Waals surface area (Å²) in [5.74, 6) is -0.745. The zero-order chi connectivity index (χ0) is 13.7. The molecule has 0 fully saturated rings. The van der Waals surface area contributed by atoms with Gasteiger partial charge in [-0.25, -0.2) is 0 Å². The van der Waals surface area contributed by atoms with E-state index in [1.807, 2.05) is 30.4 Å². The molecular weight excluding hydrogens is 242 g/mol. The number of esters is 1. The Morgan fingerprint density at radius 3 is 2.74 bits per heavy atom. The SMILES string of the molecule is CCOC(=O)[C@H]1CC=C[C@H]1NC(=O)c1ccccc1. The quantitative estimate of drug-likeness (QED) is 0.664. The minimum absolute atomic E-state index is 0.175. The van der Waals surface area contributed by atoms with E-state index in [1.54, 1.807) is 19.1 Å². The summed E-state index contributed by atoms with van der Waals surface area (Å²) in [6, 6.07) is 8.67. The van der Waals surface area contributed by atoms with Gasteiger partial charge in [-0.05, 0) is 25.5 Å². The summed E-state index contributed by atoms with van der Waals surface area (Å²) in [6.45, 7) is 2.13. The van der Waals surface area contributed by atoms with Gasteiger partial charge in [0.25, 0.3) is 5.91 Å². The Morgan fingerprint density at radius 2 is 2.05 bits per heavy atom. The maximum atomic E-state index is 12.0. The van der Waals surface area contributed by atoms with Gasteiger partial charge in [0.15, 0.2) is 0 Å². The first-order valence-electron chi connectivity index (χ1n) is 6.41. The molecule has 0 heterocycles. The molecule has 0 unspecified atom stereocenters. The van der Waals surface area contributed by atoms with Crippen LogP contribution >= 0.6 is 0 Å². The molecule has 4 heteroatoms. The van der Waals surface area contributed by atoms with Crippen molar-refractivity contribution in [1.29, 1.82) is 0 Å². The monoisotopic (exact) mass is 259 g/mol. The second-order valence-corrected chi connectivity index (χ2v) is 4.39. The molecule has 0 radical (unpaired) electrons. The highest BCUT2D eigenvalue weighted by atomic mass is 16.5. The number of carbonyl (C=O) groups is 2. The molecule has 4 nitrogen and oxygen atoms in total. The van der Waals surface area contributed by atoms with Gasteiger partial charge in [-0.15, -0.1) is 0 Å². The van der Waals surface area contributed by atoms with Crippen molar-refractivity contribution in [3.8, 4) is 0 Å². The molecular formula is C15H17NO3. The van der Waals surface area contributed by atoms with Gasteiger partial charge in [-0.2, -0.15) is 0 Å². The van der Waals surface area contributed by atoms with E-state index >= 15 is 0 Å². The highest BCUT2D eigenvalue weighted by Gasteiger charge is 2.31. The lowest BCUT2D eigenvalue weighted by Gasteiger charge is -2.19. The van der Waals surface area contributed by atoms with Crippen LogP contribution in [0.5, 0.6) is 0 Å². The lowest BCUT2D eigenvalue weighted by Crippen LogP contribution is -2.40. The third kappa shape index (κ3) is 3.22. The van der Waals surface area contributed by atoms with Gasteiger partial charge in [0.05, 0.1) is 18.6 Å². The molecule has 1 N–H and O–H groups in total. The van der Waals surface area contributed by atoms with E-state index in [4.69, 9.17) is 4.74 Å². The fraction of sp³-hybridized carbons (Fsp3) is 0.333. The van der Waals surface area contributed by atoms with Crippen LogP contribution in [0.1, 0.15) is 23.7 Å². The van der Waals surface area contributed by atoms with Crippen molar-refractivity contribution in [3.63, 3.8) is 0 Å². The molecule has 100 valence electrons. The summed E-state index contributed by atoms with van der Waals surface area (Å²) in [7, 11) is 0. The minimum atomic E-state index is -0.312. The summed E-state index contributed by atoms with van der Waals surface area (Å²) in [5, 5.41) is 2.86. The molecule has 1 aromatic rings. The number of rotatable bonds is 4. The number of nitrogens with one attached hydrogen (secondary N) is 1. The first kappa shape index (κ1) is 13.3. The Kier molecular flexibility index (Phi) is 4.34. The van der Waals surface area contributed by atoms with Crippen LogP contribution in [0.4, 0.5) is 0 Å². The van der Waals surface area contributed by atoms with Crippen LogP contribution in [-0.4, -0.2) is 24.5 Å². The summed E-state index contributed by atoms with van der Waals surface area (Å²) in [5.41, 5.74) is 0.588. The van der Waals surface area contributed by atoms with Gasteiger partial charge in [-0.3, -0.25) is 9.59 Å². The predicted octanol–water partition coefficient (Wildman–Crippen LogP) is 1.92. The summed E-state index contributed by atoms with van der Waals surface area (Å²) < 4.78 is 5.01. The van der Waals surface area contributed by atoms with Crippen molar-refractivity contribution in [2.24, 2.45) is 5.92 Å². The van der Waals surface area contributed by atoms with Crippen LogP contribution in [0, 0.1) is 5.92 Å². The molecule has 0 saturated heterocycles. The normalized spacial score (nSPS) is 21.1. The lowest BCUT2D eigenvalue weighted by atomic mass is 10.0. The van der Waals surface area contributed by atoms with Crippen LogP contribution in [0.2, 0.25) is 0 Å². The summed E-state index contributed by atoms with van der Waals surface area (Å²) in [6.07, 6.45) is 4.36. The lowest BCUT2D eigenvalue weighted by molar-refractivity contribution is -0.148. The zero-order valence-electron chi connectivity index (χ0n) is 10.8. The number of allylic oxidation sites excluding steroid dienone is 1. The smallest absolute Gasteiger partial charge is 0.311 e. The van der Waals surface area contributed by atoms with Gasteiger partial charge >= 0.3 is 5.97 Å². The minimum Gasteiger partial charge on any atom is -0.466 e.